The van der Waals surface area contributed by atoms with E-state index >= 15 is 0 Å². The number of hydrogen-bond donors (Lipinski definition) is 1. The number of carbonyl (C=O) groups is 1. The van der Waals surface area contributed by atoms with Gasteiger partial charge in [-0.25, -0.2) is 4.39 Å². The molecule has 1 amide bonds. The van der Waals surface area contributed by atoms with Crippen LogP contribution in [-0.2, 0) is 4.79 Å². The topological polar surface area (TPSA) is 60.5 Å². The molecule has 0 spiro atoms. The van der Waals surface area contributed by atoms with E-state index in [1.54, 1.807) is 26.3 Å². The molecule has 3 atom stereocenters. The van der Waals surface area contributed by atoms with Gasteiger partial charge in [-0.1, -0.05) is 6.92 Å². The molecule has 116 valence electrons. The van der Waals surface area contributed by atoms with E-state index in [-0.39, 0.29) is 12.6 Å². The molecule has 2 aromatic rings. The molecule has 1 saturated heterocycles. The number of alkyl halides is 1. The van der Waals surface area contributed by atoms with Gasteiger partial charge in [-0.05, 0) is 24.3 Å². The zero-order chi connectivity index (χ0) is 15.7. The first kappa shape index (κ1) is 14.6. The van der Waals surface area contributed by atoms with Gasteiger partial charge in [-0.15, -0.1) is 0 Å². The molecule has 2 heterocycles. The van der Waals surface area contributed by atoms with Crippen molar-refractivity contribution in [3.05, 3.63) is 30.5 Å². The largest absolute Gasteiger partial charge is 0.497 e. The molecule has 1 N–H and O–H groups in total. The van der Waals surface area contributed by atoms with Crippen LogP contribution in [0, 0.1) is 5.92 Å². The number of pyridine rings is 1. The van der Waals surface area contributed by atoms with Crippen molar-refractivity contribution in [1.82, 2.24) is 10.3 Å². The lowest BCUT2D eigenvalue weighted by atomic mass is 10.0. The average molecular weight is 304 g/mol. The summed E-state index contributed by atoms with van der Waals surface area (Å²) in [6.45, 7) is 1.91. The van der Waals surface area contributed by atoms with Gasteiger partial charge >= 0.3 is 0 Å². The Bertz CT molecular complexity index is 707. The predicted octanol–water partition coefficient (Wildman–Crippen LogP) is 2.09. The Hall–Kier alpha value is -2.37. The van der Waals surface area contributed by atoms with Crippen molar-refractivity contribution < 1.29 is 18.7 Å². The van der Waals surface area contributed by atoms with Crippen molar-refractivity contribution in [2.45, 2.75) is 19.1 Å². The highest BCUT2D eigenvalue weighted by Crippen LogP contribution is 2.28. The van der Waals surface area contributed by atoms with Gasteiger partial charge in [0.15, 0.2) is 6.17 Å². The van der Waals surface area contributed by atoms with Crippen LogP contribution >= 0.6 is 0 Å². The maximum atomic E-state index is 13.5. The smallest absolute Gasteiger partial charge is 0.255 e. The standard InChI is InChI=1S/C16H17FN2O3/c1-9-13(19-16(20)15(9)17)8-22-14-5-6-18-12-4-3-10(21-2)7-11(12)14/h3-7,9,13,15H,8H2,1-2H3,(H,19,20)/t9-,13+,15-/m0/s1. The van der Waals surface area contributed by atoms with Crippen molar-refractivity contribution in [3.8, 4) is 11.5 Å². The van der Waals surface area contributed by atoms with Gasteiger partial charge in [-0.2, -0.15) is 0 Å². The van der Waals surface area contributed by atoms with E-state index in [0.717, 1.165) is 10.9 Å². The molecule has 0 radical (unpaired) electrons. The molecule has 0 aliphatic carbocycles. The number of methoxy groups -OCH3 is 1. The van der Waals surface area contributed by atoms with E-state index in [0.29, 0.717) is 11.5 Å². The molecule has 1 aromatic carbocycles. The minimum absolute atomic E-state index is 0.212. The molecule has 6 heteroatoms. The van der Waals surface area contributed by atoms with Crippen molar-refractivity contribution in [1.29, 1.82) is 0 Å². The second-order valence-corrected chi connectivity index (χ2v) is 5.38. The van der Waals surface area contributed by atoms with E-state index < -0.39 is 18.0 Å². The molecule has 1 aromatic heterocycles. The monoisotopic (exact) mass is 304 g/mol. The summed E-state index contributed by atoms with van der Waals surface area (Å²) in [4.78, 5) is 15.6. The van der Waals surface area contributed by atoms with Crippen LogP contribution in [-0.4, -0.2) is 36.8 Å². The van der Waals surface area contributed by atoms with Crippen LogP contribution in [0.3, 0.4) is 0 Å². The number of carbonyl (C=O) groups excluding carboxylic acids is 1. The van der Waals surface area contributed by atoms with Crippen LogP contribution in [0.1, 0.15) is 6.92 Å². The highest BCUT2D eigenvalue weighted by atomic mass is 19.1. The number of fused-ring (bicyclic) bond motifs is 1. The van der Waals surface area contributed by atoms with Gasteiger partial charge in [0.25, 0.3) is 5.91 Å². The van der Waals surface area contributed by atoms with E-state index in [9.17, 15) is 9.18 Å². The van der Waals surface area contributed by atoms with Gasteiger partial charge in [0.1, 0.15) is 18.1 Å². The number of nitrogens with zero attached hydrogens (tertiary/aromatic N) is 1. The third kappa shape index (κ3) is 2.56. The Morgan fingerprint density at radius 2 is 2.18 bits per heavy atom. The normalized spacial score (nSPS) is 24.3. The Morgan fingerprint density at radius 3 is 2.86 bits per heavy atom. The fourth-order valence-corrected chi connectivity index (χ4v) is 2.56. The molecule has 0 saturated carbocycles. The highest BCUT2D eigenvalue weighted by molar-refractivity contribution is 5.86. The molecule has 1 aliphatic rings. The zero-order valence-electron chi connectivity index (χ0n) is 12.4. The fraction of sp³-hybridized carbons (Fsp3) is 0.375. The second-order valence-electron chi connectivity index (χ2n) is 5.38. The van der Waals surface area contributed by atoms with Gasteiger partial charge in [0, 0.05) is 17.5 Å². The first-order valence-electron chi connectivity index (χ1n) is 7.10. The molecule has 0 unspecified atom stereocenters. The third-order valence-corrected chi connectivity index (χ3v) is 4.00. The number of nitrogens with one attached hydrogen (secondary N) is 1. The molecule has 22 heavy (non-hydrogen) atoms. The van der Waals surface area contributed by atoms with Crippen LogP contribution in [0.15, 0.2) is 30.5 Å². The molecule has 1 aliphatic heterocycles. The van der Waals surface area contributed by atoms with Crippen molar-refractivity contribution in [2.24, 2.45) is 5.92 Å². The lowest BCUT2D eigenvalue weighted by Crippen LogP contribution is -2.34. The maximum Gasteiger partial charge on any atom is 0.255 e. The second kappa shape index (κ2) is 5.79. The maximum absolute atomic E-state index is 13.5. The number of ether oxygens (including phenoxy) is 2. The summed E-state index contributed by atoms with van der Waals surface area (Å²) in [6, 6.07) is 6.92. The Labute approximate surface area is 127 Å². The summed E-state index contributed by atoms with van der Waals surface area (Å²) in [5, 5.41) is 3.43. The minimum Gasteiger partial charge on any atom is -0.497 e. The van der Waals surface area contributed by atoms with E-state index in [4.69, 9.17) is 9.47 Å². The summed E-state index contributed by atoms with van der Waals surface area (Å²) in [5.41, 5.74) is 0.783. The number of benzene rings is 1. The Morgan fingerprint density at radius 1 is 1.36 bits per heavy atom. The molecule has 5 nitrogen and oxygen atoms in total. The highest BCUT2D eigenvalue weighted by Gasteiger charge is 2.39. The number of aromatic nitrogens is 1. The quantitative estimate of drug-likeness (QED) is 0.939. The molecule has 0 bridgehead atoms. The molecular weight excluding hydrogens is 287 g/mol. The lowest BCUT2D eigenvalue weighted by molar-refractivity contribution is -0.123. The summed E-state index contributed by atoms with van der Waals surface area (Å²) in [6.07, 6.45) is 0.182. The van der Waals surface area contributed by atoms with Crippen LogP contribution in [0.5, 0.6) is 11.5 Å². The number of rotatable bonds is 4. The van der Waals surface area contributed by atoms with Crippen LogP contribution in [0.4, 0.5) is 4.39 Å². The Balaban J connectivity index is 1.81. The number of hydrogen-bond acceptors (Lipinski definition) is 4. The van der Waals surface area contributed by atoms with E-state index in [1.807, 2.05) is 18.2 Å². The Kier molecular flexibility index (Phi) is 3.83. The summed E-state index contributed by atoms with van der Waals surface area (Å²) in [7, 11) is 1.59. The van der Waals surface area contributed by atoms with Crippen LogP contribution < -0.4 is 14.8 Å². The van der Waals surface area contributed by atoms with Crippen LogP contribution in [0.25, 0.3) is 10.9 Å². The molecular formula is C16H17FN2O3. The number of halogens is 1. The first-order chi connectivity index (χ1) is 10.6. The number of amides is 1. The third-order valence-electron chi connectivity index (χ3n) is 4.00. The molecule has 1 fully saturated rings. The van der Waals surface area contributed by atoms with Gasteiger partial charge in [0.2, 0.25) is 0 Å². The van der Waals surface area contributed by atoms with E-state index in [1.165, 1.54) is 0 Å². The van der Waals surface area contributed by atoms with Crippen molar-refractivity contribution in [3.63, 3.8) is 0 Å². The lowest BCUT2D eigenvalue weighted by Gasteiger charge is -2.17. The summed E-state index contributed by atoms with van der Waals surface area (Å²) < 4.78 is 24.5. The fourth-order valence-electron chi connectivity index (χ4n) is 2.56. The van der Waals surface area contributed by atoms with Crippen molar-refractivity contribution >= 4 is 16.8 Å². The van der Waals surface area contributed by atoms with Crippen molar-refractivity contribution in [2.75, 3.05) is 13.7 Å². The SMILES string of the molecule is COc1ccc2nccc(OC[C@H]3NC(=O)[C@@H](F)[C@H]3C)c2c1. The average Bonchev–Trinajstić information content (AvgIpc) is 2.79. The van der Waals surface area contributed by atoms with Gasteiger partial charge < -0.3 is 14.8 Å². The minimum atomic E-state index is -1.47. The molecule has 3 rings (SSSR count). The van der Waals surface area contributed by atoms with Gasteiger partial charge in [-0.3, -0.25) is 9.78 Å². The summed E-state index contributed by atoms with van der Waals surface area (Å²) in [5.74, 6) is 0.363. The van der Waals surface area contributed by atoms with Crippen LogP contribution in [0.2, 0.25) is 0 Å². The summed E-state index contributed by atoms with van der Waals surface area (Å²) >= 11 is 0. The zero-order valence-corrected chi connectivity index (χ0v) is 12.4. The first-order valence-corrected chi connectivity index (χ1v) is 7.10. The predicted molar refractivity (Wildman–Crippen MR) is 79.8 cm³/mol. The van der Waals surface area contributed by atoms with E-state index in [2.05, 4.69) is 10.3 Å². The van der Waals surface area contributed by atoms with Gasteiger partial charge in [0.05, 0.1) is 18.7 Å².